The molecule has 2 rings (SSSR count). The maximum atomic E-state index is 13.8. The van der Waals surface area contributed by atoms with E-state index in [2.05, 4.69) is 9.97 Å². The van der Waals surface area contributed by atoms with Crippen molar-refractivity contribution in [1.29, 1.82) is 5.26 Å². The highest BCUT2D eigenvalue weighted by Gasteiger charge is 2.13. The fraction of sp³-hybridized carbons (Fsp3) is 0.267. The van der Waals surface area contributed by atoms with Crippen molar-refractivity contribution in [1.82, 2.24) is 9.97 Å². The van der Waals surface area contributed by atoms with E-state index in [9.17, 15) is 4.39 Å². The Labute approximate surface area is 126 Å². The van der Waals surface area contributed by atoms with Crippen LogP contribution in [0.15, 0.2) is 30.6 Å². The smallest absolute Gasteiger partial charge is 0.145 e. The molecule has 1 heterocycles. The van der Waals surface area contributed by atoms with E-state index in [1.165, 1.54) is 6.07 Å². The quantitative estimate of drug-likeness (QED) is 0.922. The zero-order valence-electron chi connectivity index (χ0n) is 11.1. The molecule has 1 aromatic heterocycles. The summed E-state index contributed by atoms with van der Waals surface area (Å²) >= 11 is 5.73. The Hall–Kier alpha value is -2.03. The van der Waals surface area contributed by atoms with E-state index in [1.807, 2.05) is 6.07 Å². The normalized spacial score (nSPS) is 11.9. The number of halogens is 2. The van der Waals surface area contributed by atoms with Gasteiger partial charge in [0, 0.05) is 25.4 Å². The van der Waals surface area contributed by atoms with Crippen LogP contribution in [0.1, 0.15) is 29.3 Å². The molecule has 0 aliphatic heterocycles. The first kappa shape index (κ1) is 15.4. The summed E-state index contributed by atoms with van der Waals surface area (Å²) in [5.41, 5.74) is 1.19. The first-order valence-corrected chi connectivity index (χ1v) is 6.77. The molecule has 0 bridgehead atoms. The number of nitrogens with zero attached hydrogens (tertiary/aromatic N) is 3. The van der Waals surface area contributed by atoms with Crippen molar-refractivity contribution >= 4 is 11.6 Å². The molecule has 21 heavy (non-hydrogen) atoms. The number of rotatable bonds is 5. The Balaban J connectivity index is 2.16. The maximum Gasteiger partial charge on any atom is 0.145 e. The third-order valence-corrected chi connectivity index (χ3v) is 3.33. The zero-order valence-corrected chi connectivity index (χ0v) is 11.9. The predicted octanol–water partition coefficient (Wildman–Crippen LogP) is 2.85. The summed E-state index contributed by atoms with van der Waals surface area (Å²) in [5, 5.41) is 17.9. The van der Waals surface area contributed by atoms with Gasteiger partial charge in [-0.2, -0.15) is 5.26 Å². The third-order valence-electron chi connectivity index (χ3n) is 3.04. The van der Waals surface area contributed by atoms with Crippen molar-refractivity contribution in [2.45, 2.75) is 18.8 Å². The highest BCUT2D eigenvalue weighted by atomic mass is 35.5. The second kappa shape index (κ2) is 7.11. The Morgan fingerprint density at radius 3 is 2.67 bits per heavy atom. The Kier molecular flexibility index (Phi) is 5.20. The summed E-state index contributed by atoms with van der Waals surface area (Å²) in [4.78, 5) is 8.23. The summed E-state index contributed by atoms with van der Waals surface area (Å²) < 4.78 is 13.8. The van der Waals surface area contributed by atoms with Gasteiger partial charge < -0.3 is 5.11 Å². The monoisotopic (exact) mass is 305 g/mol. The average Bonchev–Trinajstić information content (AvgIpc) is 2.50. The molecule has 1 unspecified atom stereocenters. The Bertz CT molecular complexity index is 655. The van der Waals surface area contributed by atoms with Gasteiger partial charge in [-0.25, -0.2) is 14.4 Å². The summed E-state index contributed by atoms with van der Waals surface area (Å²) in [6.07, 6.45) is 3.73. The van der Waals surface area contributed by atoms with Gasteiger partial charge in [0.15, 0.2) is 0 Å². The van der Waals surface area contributed by atoms with E-state index >= 15 is 0 Å². The molecule has 0 amide bonds. The van der Waals surface area contributed by atoms with Crippen molar-refractivity contribution in [3.8, 4) is 6.07 Å². The third kappa shape index (κ3) is 3.75. The van der Waals surface area contributed by atoms with Gasteiger partial charge in [0.1, 0.15) is 17.6 Å². The second-order valence-corrected chi connectivity index (χ2v) is 4.94. The lowest BCUT2D eigenvalue weighted by Gasteiger charge is -2.07. The van der Waals surface area contributed by atoms with Crippen molar-refractivity contribution in [3.63, 3.8) is 0 Å². The molecule has 0 radical (unpaired) electrons. The minimum Gasteiger partial charge on any atom is -0.396 e. The number of hydrogen-bond acceptors (Lipinski definition) is 4. The van der Waals surface area contributed by atoms with E-state index < -0.39 is 11.7 Å². The van der Waals surface area contributed by atoms with Crippen molar-refractivity contribution < 1.29 is 9.50 Å². The van der Waals surface area contributed by atoms with Gasteiger partial charge in [-0.3, -0.25) is 0 Å². The van der Waals surface area contributed by atoms with E-state index in [0.29, 0.717) is 24.2 Å². The standard InChI is InChI=1S/C15H13ClFN3O/c16-13-3-1-2-11(14(13)17)6-10-8-19-15(20-9-10)12(7-18)4-5-21/h1-3,8-9,12,21H,4-6H2. The lowest BCUT2D eigenvalue weighted by atomic mass is 10.1. The largest absolute Gasteiger partial charge is 0.396 e. The summed E-state index contributed by atoms with van der Waals surface area (Å²) in [6.45, 7) is -0.100. The second-order valence-electron chi connectivity index (χ2n) is 4.53. The minimum absolute atomic E-state index is 0.0810. The van der Waals surface area contributed by atoms with E-state index in [4.69, 9.17) is 22.0 Å². The lowest BCUT2D eigenvalue weighted by molar-refractivity contribution is 0.282. The van der Waals surface area contributed by atoms with Crippen LogP contribution in [0.3, 0.4) is 0 Å². The molecule has 1 aromatic carbocycles. The lowest BCUT2D eigenvalue weighted by Crippen LogP contribution is -2.05. The Morgan fingerprint density at radius 2 is 2.05 bits per heavy atom. The number of nitriles is 1. The molecule has 0 spiro atoms. The molecule has 0 aliphatic rings. The molecule has 0 aliphatic carbocycles. The number of benzene rings is 1. The molecule has 2 aromatic rings. The molecule has 4 nitrogen and oxygen atoms in total. The van der Waals surface area contributed by atoms with Crippen LogP contribution in [0.25, 0.3) is 0 Å². The molecule has 1 N–H and O–H groups in total. The van der Waals surface area contributed by atoms with Crippen LogP contribution in [0.4, 0.5) is 4.39 Å². The minimum atomic E-state index is -0.535. The molecular formula is C15H13ClFN3O. The van der Waals surface area contributed by atoms with E-state index in [1.54, 1.807) is 24.5 Å². The highest BCUT2D eigenvalue weighted by molar-refractivity contribution is 6.30. The number of aliphatic hydroxyl groups excluding tert-OH is 1. The summed E-state index contributed by atoms with van der Waals surface area (Å²) in [7, 11) is 0. The Morgan fingerprint density at radius 1 is 1.33 bits per heavy atom. The van der Waals surface area contributed by atoms with Crippen LogP contribution in [-0.2, 0) is 6.42 Å². The summed E-state index contributed by atoms with van der Waals surface area (Å²) in [5.74, 6) is -0.618. The number of aromatic nitrogens is 2. The summed E-state index contributed by atoms with van der Waals surface area (Å²) in [6, 6.07) is 6.87. The van der Waals surface area contributed by atoms with Gasteiger partial charge in [0.05, 0.1) is 11.1 Å². The first-order chi connectivity index (χ1) is 10.2. The molecule has 0 fully saturated rings. The molecule has 0 saturated heterocycles. The zero-order chi connectivity index (χ0) is 15.2. The first-order valence-electron chi connectivity index (χ1n) is 6.40. The molecular weight excluding hydrogens is 293 g/mol. The van der Waals surface area contributed by atoms with Crippen LogP contribution in [-0.4, -0.2) is 21.7 Å². The fourth-order valence-electron chi connectivity index (χ4n) is 1.92. The molecule has 1 atom stereocenters. The fourth-order valence-corrected chi connectivity index (χ4v) is 2.12. The SMILES string of the molecule is N#CC(CCO)c1ncc(Cc2cccc(Cl)c2F)cn1. The van der Waals surface area contributed by atoms with Crippen LogP contribution >= 0.6 is 11.6 Å². The van der Waals surface area contributed by atoms with E-state index in [-0.39, 0.29) is 11.6 Å². The van der Waals surface area contributed by atoms with Crippen molar-refractivity contribution in [2.24, 2.45) is 0 Å². The van der Waals surface area contributed by atoms with Crippen LogP contribution < -0.4 is 0 Å². The number of hydrogen-bond donors (Lipinski definition) is 1. The maximum absolute atomic E-state index is 13.8. The van der Waals surface area contributed by atoms with Crippen molar-refractivity contribution in [3.05, 3.63) is 58.4 Å². The van der Waals surface area contributed by atoms with E-state index in [0.717, 1.165) is 5.56 Å². The predicted molar refractivity (Wildman–Crippen MR) is 76.3 cm³/mol. The van der Waals surface area contributed by atoms with Crippen LogP contribution in [0, 0.1) is 17.1 Å². The van der Waals surface area contributed by atoms with Gasteiger partial charge in [-0.05, 0) is 23.6 Å². The van der Waals surface area contributed by atoms with Gasteiger partial charge in [-0.15, -0.1) is 0 Å². The number of aliphatic hydroxyl groups is 1. The molecule has 108 valence electrons. The van der Waals surface area contributed by atoms with Gasteiger partial charge in [0.25, 0.3) is 0 Å². The van der Waals surface area contributed by atoms with Gasteiger partial charge in [0.2, 0.25) is 0 Å². The van der Waals surface area contributed by atoms with Crippen LogP contribution in [0.2, 0.25) is 5.02 Å². The van der Waals surface area contributed by atoms with Gasteiger partial charge in [-0.1, -0.05) is 23.7 Å². The molecule has 6 heteroatoms. The highest BCUT2D eigenvalue weighted by Crippen LogP contribution is 2.20. The van der Waals surface area contributed by atoms with Gasteiger partial charge >= 0.3 is 0 Å². The molecule has 0 saturated carbocycles. The topological polar surface area (TPSA) is 69.8 Å². The van der Waals surface area contributed by atoms with Crippen molar-refractivity contribution in [2.75, 3.05) is 6.61 Å². The van der Waals surface area contributed by atoms with Crippen LogP contribution in [0.5, 0.6) is 0 Å². The average molecular weight is 306 g/mol.